The van der Waals surface area contributed by atoms with E-state index in [0.29, 0.717) is 6.04 Å². The highest BCUT2D eigenvalue weighted by Crippen LogP contribution is 2.25. The van der Waals surface area contributed by atoms with E-state index >= 15 is 0 Å². The summed E-state index contributed by atoms with van der Waals surface area (Å²) in [5.41, 5.74) is 1.26. The lowest BCUT2D eigenvalue weighted by Gasteiger charge is -2.15. The Bertz CT molecular complexity index is 281. The van der Waals surface area contributed by atoms with Gasteiger partial charge in [-0.3, -0.25) is 0 Å². The third-order valence-corrected chi connectivity index (χ3v) is 3.84. The van der Waals surface area contributed by atoms with Crippen LogP contribution in [0, 0.1) is 5.92 Å². The van der Waals surface area contributed by atoms with E-state index in [1.165, 1.54) is 44.1 Å². The normalized spacial score (nSPS) is 26.6. The number of nitrogens with one attached hydrogen (secondary N) is 1. The van der Waals surface area contributed by atoms with Crippen molar-refractivity contribution < 1.29 is 4.42 Å². The molecule has 1 saturated carbocycles. The smallest absolute Gasteiger partial charge is 0.0947 e. The van der Waals surface area contributed by atoms with Crippen LogP contribution in [0.5, 0.6) is 0 Å². The van der Waals surface area contributed by atoms with Gasteiger partial charge in [0.1, 0.15) is 0 Å². The molecule has 16 heavy (non-hydrogen) atoms. The van der Waals surface area contributed by atoms with E-state index in [1.54, 1.807) is 6.26 Å². The van der Waals surface area contributed by atoms with Crippen LogP contribution in [0.2, 0.25) is 0 Å². The predicted octanol–water partition coefficient (Wildman–Crippen LogP) is 3.73. The molecular weight excluding hydrogens is 198 g/mol. The van der Waals surface area contributed by atoms with Crippen molar-refractivity contribution >= 4 is 0 Å². The Morgan fingerprint density at radius 2 is 2.25 bits per heavy atom. The molecule has 1 N–H and O–H groups in total. The fraction of sp³-hybridized carbons (Fsp3) is 0.714. The lowest BCUT2D eigenvalue weighted by Crippen LogP contribution is -2.27. The van der Waals surface area contributed by atoms with E-state index in [-0.39, 0.29) is 0 Å². The molecule has 2 atom stereocenters. The summed E-state index contributed by atoms with van der Waals surface area (Å²) < 4.78 is 5.07. The molecule has 2 rings (SSSR count). The van der Waals surface area contributed by atoms with E-state index in [9.17, 15) is 0 Å². The van der Waals surface area contributed by atoms with Gasteiger partial charge in [-0.25, -0.2) is 0 Å². The summed E-state index contributed by atoms with van der Waals surface area (Å²) in [5.74, 6) is 0.973. The predicted molar refractivity (Wildman–Crippen MR) is 66.2 cm³/mol. The largest absolute Gasteiger partial charge is 0.472 e. The molecule has 0 bridgehead atoms. The molecule has 1 aromatic heterocycles. The molecule has 0 aromatic carbocycles. The molecule has 1 aromatic rings. The minimum atomic E-state index is 0.714. The maximum atomic E-state index is 5.07. The summed E-state index contributed by atoms with van der Waals surface area (Å²) in [7, 11) is 0. The Balaban J connectivity index is 1.73. The lowest BCUT2D eigenvalue weighted by molar-refractivity contribution is 0.424. The topological polar surface area (TPSA) is 25.2 Å². The number of rotatable bonds is 4. The minimum Gasteiger partial charge on any atom is -0.472 e. The molecule has 0 radical (unpaired) electrons. The van der Waals surface area contributed by atoms with Crippen LogP contribution in [-0.4, -0.2) is 6.04 Å². The molecule has 90 valence electrons. The second kappa shape index (κ2) is 6.09. The quantitative estimate of drug-likeness (QED) is 0.784. The molecule has 0 spiro atoms. The lowest BCUT2D eigenvalue weighted by atomic mass is 9.98. The first-order chi connectivity index (χ1) is 7.88. The third kappa shape index (κ3) is 3.38. The number of hydrogen-bond acceptors (Lipinski definition) is 2. The highest BCUT2D eigenvalue weighted by Gasteiger charge is 2.17. The maximum absolute atomic E-state index is 5.07. The summed E-state index contributed by atoms with van der Waals surface area (Å²) in [6.45, 7) is 3.28. The van der Waals surface area contributed by atoms with Crippen molar-refractivity contribution in [1.29, 1.82) is 0 Å². The first-order valence-corrected chi connectivity index (χ1v) is 6.63. The fourth-order valence-corrected chi connectivity index (χ4v) is 2.65. The van der Waals surface area contributed by atoms with Gasteiger partial charge in [-0.05, 0) is 31.2 Å². The van der Waals surface area contributed by atoms with Crippen molar-refractivity contribution in [3.63, 3.8) is 0 Å². The molecule has 2 nitrogen and oxygen atoms in total. The number of furan rings is 1. The van der Waals surface area contributed by atoms with Crippen LogP contribution in [0.25, 0.3) is 0 Å². The zero-order valence-electron chi connectivity index (χ0n) is 10.2. The van der Waals surface area contributed by atoms with Gasteiger partial charge >= 0.3 is 0 Å². The SMILES string of the molecule is CCC1CCCC(NCc2ccoc2)CC1. The van der Waals surface area contributed by atoms with Crippen molar-refractivity contribution in [1.82, 2.24) is 5.32 Å². The molecule has 2 heteroatoms. The van der Waals surface area contributed by atoms with Crippen LogP contribution in [0.15, 0.2) is 23.0 Å². The van der Waals surface area contributed by atoms with Crippen molar-refractivity contribution in [2.45, 2.75) is 58.0 Å². The van der Waals surface area contributed by atoms with Gasteiger partial charge in [0.2, 0.25) is 0 Å². The Morgan fingerprint density at radius 3 is 3.00 bits per heavy atom. The van der Waals surface area contributed by atoms with Gasteiger partial charge < -0.3 is 9.73 Å². The fourth-order valence-electron chi connectivity index (χ4n) is 2.65. The van der Waals surface area contributed by atoms with Crippen molar-refractivity contribution in [3.05, 3.63) is 24.2 Å². The Morgan fingerprint density at radius 1 is 1.31 bits per heavy atom. The van der Waals surface area contributed by atoms with Crippen LogP contribution >= 0.6 is 0 Å². The zero-order valence-corrected chi connectivity index (χ0v) is 10.2. The molecular formula is C14H23NO. The summed E-state index contributed by atoms with van der Waals surface area (Å²) in [6.07, 6.45) is 11.8. The van der Waals surface area contributed by atoms with E-state index in [4.69, 9.17) is 4.42 Å². The monoisotopic (exact) mass is 221 g/mol. The highest BCUT2D eigenvalue weighted by atomic mass is 16.3. The first kappa shape index (κ1) is 11.7. The van der Waals surface area contributed by atoms with E-state index in [2.05, 4.69) is 12.2 Å². The molecule has 1 aliphatic carbocycles. The Hall–Kier alpha value is -0.760. The number of hydrogen-bond donors (Lipinski definition) is 1. The minimum absolute atomic E-state index is 0.714. The third-order valence-electron chi connectivity index (χ3n) is 3.84. The summed E-state index contributed by atoms with van der Waals surface area (Å²) in [4.78, 5) is 0. The maximum Gasteiger partial charge on any atom is 0.0947 e. The van der Waals surface area contributed by atoms with Crippen LogP contribution < -0.4 is 5.32 Å². The van der Waals surface area contributed by atoms with Gasteiger partial charge in [0, 0.05) is 18.2 Å². The second-order valence-corrected chi connectivity index (χ2v) is 4.99. The molecule has 0 aliphatic heterocycles. The molecule has 1 fully saturated rings. The Labute approximate surface area is 98.4 Å². The highest BCUT2D eigenvalue weighted by molar-refractivity contribution is 5.04. The van der Waals surface area contributed by atoms with Gasteiger partial charge in [0.05, 0.1) is 12.5 Å². The average molecular weight is 221 g/mol. The zero-order chi connectivity index (χ0) is 11.2. The van der Waals surface area contributed by atoms with Gasteiger partial charge in [0.15, 0.2) is 0 Å². The van der Waals surface area contributed by atoms with Crippen LogP contribution in [0.3, 0.4) is 0 Å². The summed E-state index contributed by atoms with van der Waals surface area (Å²) >= 11 is 0. The molecule has 1 heterocycles. The van der Waals surface area contributed by atoms with Crippen molar-refractivity contribution in [2.24, 2.45) is 5.92 Å². The molecule has 0 amide bonds. The van der Waals surface area contributed by atoms with E-state index in [1.807, 2.05) is 12.3 Å². The average Bonchev–Trinajstić information content (AvgIpc) is 2.72. The van der Waals surface area contributed by atoms with Crippen molar-refractivity contribution in [2.75, 3.05) is 0 Å². The van der Waals surface area contributed by atoms with Gasteiger partial charge in [-0.1, -0.05) is 26.2 Å². The van der Waals surface area contributed by atoms with Gasteiger partial charge in [-0.2, -0.15) is 0 Å². The van der Waals surface area contributed by atoms with E-state index < -0.39 is 0 Å². The van der Waals surface area contributed by atoms with Gasteiger partial charge in [-0.15, -0.1) is 0 Å². The van der Waals surface area contributed by atoms with Crippen LogP contribution in [0.4, 0.5) is 0 Å². The van der Waals surface area contributed by atoms with Crippen LogP contribution in [0.1, 0.15) is 51.0 Å². The molecule has 0 saturated heterocycles. The molecule has 2 unspecified atom stereocenters. The van der Waals surface area contributed by atoms with Crippen LogP contribution in [-0.2, 0) is 6.54 Å². The van der Waals surface area contributed by atoms with Crippen molar-refractivity contribution in [3.8, 4) is 0 Å². The van der Waals surface area contributed by atoms with Gasteiger partial charge in [0.25, 0.3) is 0 Å². The summed E-state index contributed by atoms with van der Waals surface area (Å²) in [5, 5.41) is 3.65. The Kier molecular flexibility index (Phi) is 4.46. The first-order valence-electron chi connectivity index (χ1n) is 6.63. The molecule has 1 aliphatic rings. The standard InChI is InChI=1S/C14H23NO/c1-2-12-4-3-5-14(7-6-12)15-10-13-8-9-16-11-13/h8-9,11-12,14-15H,2-7,10H2,1H3. The summed E-state index contributed by atoms with van der Waals surface area (Å²) in [6, 6.07) is 2.75. The van der Waals surface area contributed by atoms with E-state index in [0.717, 1.165) is 12.5 Å². The second-order valence-electron chi connectivity index (χ2n) is 4.99.